The third-order valence-corrected chi connectivity index (χ3v) is 2.91. The maximum atomic E-state index is 11.9. The second-order valence-electron chi connectivity index (χ2n) is 4.67. The Morgan fingerprint density at radius 1 is 1.41 bits per heavy atom. The van der Waals surface area contributed by atoms with E-state index in [-0.39, 0.29) is 17.7 Å². The van der Waals surface area contributed by atoms with Gasteiger partial charge in [0, 0.05) is 0 Å². The topological polar surface area (TPSA) is 61.4 Å². The molecule has 94 valence electrons. The Morgan fingerprint density at radius 3 is 2.59 bits per heavy atom. The van der Waals surface area contributed by atoms with Gasteiger partial charge in [0.2, 0.25) is 5.91 Å². The predicted molar refractivity (Wildman–Crippen MR) is 67.8 cm³/mol. The summed E-state index contributed by atoms with van der Waals surface area (Å²) in [4.78, 5) is 11.9. The third-order valence-electron chi connectivity index (χ3n) is 2.91. The van der Waals surface area contributed by atoms with Crippen molar-refractivity contribution in [1.82, 2.24) is 10.6 Å². The molecule has 4 heteroatoms. The van der Waals surface area contributed by atoms with Gasteiger partial charge in [-0.1, -0.05) is 12.1 Å². The largest absolute Gasteiger partial charge is 0.508 e. The van der Waals surface area contributed by atoms with Gasteiger partial charge in [0.25, 0.3) is 0 Å². The van der Waals surface area contributed by atoms with E-state index in [1.54, 1.807) is 25.2 Å². The van der Waals surface area contributed by atoms with E-state index in [0.29, 0.717) is 0 Å². The number of rotatable bonds is 4. The van der Waals surface area contributed by atoms with E-state index in [0.717, 1.165) is 5.56 Å². The highest BCUT2D eigenvalue weighted by Gasteiger charge is 2.26. The molecule has 3 N–H and O–H groups in total. The van der Waals surface area contributed by atoms with Crippen molar-refractivity contribution in [2.24, 2.45) is 0 Å². The van der Waals surface area contributed by atoms with Gasteiger partial charge in [-0.3, -0.25) is 4.79 Å². The zero-order valence-electron chi connectivity index (χ0n) is 10.7. The molecule has 1 unspecified atom stereocenters. The second-order valence-corrected chi connectivity index (χ2v) is 4.67. The van der Waals surface area contributed by atoms with Crippen LogP contribution in [0.3, 0.4) is 0 Å². The van der Waals surface area contributed by atoms with Crippen LogP contribution in [0.5, 0.6) is 5.75 Å². The fourth-order valence-electron chi connectivity index (χ4n) is 1.37. The lowest BCUT2D eigenvalue weighted by molar-refractivity contribution is -0.126. The van der Waals surface area contributed by atoms with Gasteiger partial charge in [0.1, 0.15) is 5.75 Å². The van der Waals surface area contributed by atoms with Gasteiger partial charge in [-0.25, -0.2) is 0 Å². The minimum atomic E-state index is -0.606. The molecule has 0 aliphatic rings. The summed E-state index contributed by atoms with van der Waals surface area (Å²) < 4.78 is 0. The average molecular weight is 236 g/mol. The molecular weight excluding hydrogens is 216 g/mol. The Kier molecular flexibility index (Phi) is 4.12. The van der Waals surface area contributed by atoms with E-state index >= 15 is 0 Å². The van der Waals surface area contributed by atoms with Crippen LogP contribution >= 0.6 is 0 Å². The Hall–Kier alpha value is -1.55. The van der Waals surface area contributed by atoms with Crippen LogP contribution in [-0.2, 0) is 4.79 Å². The number of carbonyl (C=O) groups excluding carboxylic acids is 1. The molecule has 0 fully saturated rings. The molecule has 4 nitrogen and oxygen atoms in total. The summed E-state index contributed by atoms with van der Waals surface area (Å²) in [6, 6.07) is 6.75. The molecule has 17 heavy (non-hydrogen) atoms. The van der Waals surface area contributed by atoms with E-state index < -0.39 is 5.54 Å². The summed E-state index contributed by atoms with van der Waals surface area (Å²) in [6.07, 6.45) is 0. The number of aromatic hydroxyl groups is 1. The predicted octanol–water partition coefficient (Wildman–Crippen LogP) is 1.57. The highest BCUT2D eigenvalue weighted by molar-refractivity contribution is 5.85. The molecule has 0 saturated carbocycles. The van der Waals surface area contributed by atoms with Crippen molar-refractivity contribution in [3.63, 3.8) is 0 Å². The number of nitrogens with one attached hydrogen (secondary N) is 2. The minimum Gasteiger partial charge on any atom is -0.508 e. The lowest BCUT2D eigenvalue weighted by atomic mass is 10.0. The molecule has 0 aliphatic heterocycles. The summed E-state index contributed by atoms with van der Waals surface area (Å²) in [6.45, 7) is 5.52. The zero-order chi connectivity index (χ0) is 13.1. The van der Waals surface area contributed by atoms with E-state index in [9.17, 15) is 9.90 Å². The van der Waals surface area contributed by atoms with Crippen LogP contribution in [0, 0.1) is 0 Å². The van der Waals surface area contributed by atoms with Crippen molar-refractivity contribution < 1.29 is 9.90 Å². The van der Waals surface area contributed by atoms with Gasteiger partial charge < -0.3 is 15.7 Å². The molecule has 0 radical (unpaired) electrons. The number of phenolic OH excluding ortho intramolecular Hbond substituents is 1. The van der Waals surface area contributed by atoms with Gasteiger partial charge in [-0.05, 0) is 45.5 Å². The summed E-state index contributed by atoms with van der Waals surface area (Å²) in [7, 11) is 1.75. The number of carbonyl (C=O) groups is 1. The van der Waals surface area contributed by atoms with E-state index in [1.165, 1.54) is 0 Å². The smallest absolute Gasteiger partial charge is 0.240 e. The molecular formula is C13H20N2O2. The number of likely N-dealkylation sites (N-methyl/N-ethyl adjacent to an activating group) is 1. The first-order valence-corrected chi connectivity index (χ1v) is 5.65. The van der Waals surface area contributed by atoms with Crippen LogP contribution in [0.1, 0.15) is 32.4 Å². The lowest BCUT2D eigenvalue weighted by Crippen LogP contribution is -2.51. The maximum absolute atomic E-state index is 11.9. The molecule has 1 amide bonds. The van der Waals surface area contributed by atoms with Crippen molar-refractivity contribution in [3.05, 3.63) is 29.8 Å². The fraction of sp³-hybridized carbons (Fsp3) is 0.462. The van der Waals surface area contributed by atoms with Crippen LogP contribution in [0.15, 0.2) is 24.3 Å². The number of phenols is 1. The third kappa shape index (κ3) is 3.46. The molecule has 0 aromatic heterocycles. The fourth-order valence-corrected chi connectivity index (χ4v) is 1.37. The molecule has 0 aliphatic carbocycles. The first-order valence-electron chi connectivity index (χ1n) is 5.65. The SMILES string of the molecule is CNC(C)(C)C(=O)NC(C)c1cccc(O)c1. The Bertz CT molecular complexity index is 402. The summed E-state index contributed by atoms with van der Waals surface area (Å²) in [5.41, 5.74) is 0.274. The average Bonchev–Trinajstić information content (AvgIpc) is 2.28. The minimum absolute atomic E-state index is 0.0733. The monoisotopic (exact) mass is 236 g/mol. The van der Waals surface area contributed by atoms with Crippen molar-refractivity contribution in [3.8, 4) is 5.75 Å². The van der Waals surface area contributed by atoms with Crippen molar-refractivity contribution in [2.75, 3.05) is 7.05 Å². The standard InChI is InChI=1S/C13H20N2O2/c1-9(10-6-5-7-11(16)8-10)15-12(17)13(2,3)14-4/h5-9,14,16H,1-4H3,(H,15,17). The molecule has 1 aromatic carbocycles. The molecule has 0 heterocycles. The van der Waals surface area contributed by atoms with Crippen LogP contribution in [-0.4, -0.2) is 23.6 Å². The molecule has 1 rings (SSSR count). The van der Waals surface area contributed by atoms with Gasteiger partial charge in [0.05, 0.1) is 11.6 Å². The molecule has 0 saturated heterocycles. The van der Waals surface area contributed by atoms with Crippen LogP contribution < -0.4 is 10.6 Å². The molecule has 0 spiro atoms. The maximum Gasteiger partial charge on any atom is 0.240 e. The van der Waals surface area contributed by atoms with Gasteiger partial charge in [-0.15, -0.1) is 0 Å². The second kappa shape index (κ2) is 5.19. The van der Waals surface area contributed by atoms with Crippen LogP contribution in [0.4, 0.5) is 0 Å². The van der Waals surface area contributed by atoms with E-state index in [4.69, 9.17) is 0 Å². The first kappa shape index (κ1) is 13.5. The first-order chi connectivity index (χ1) is 7.86. The van der Waals surface area contributed by atoms with E-state index in [2.05, 4.69) is 10.6 Å². The Morgan fingerprint density at radius 2 is 2.06 bits per heavy atom. The number of amides is 1. The summed E-state index contributed by atoms with van der Waals surface area (Å²) >= 11 is 0. The molecule has 0 bridgehead atoms. The van der Waals surface area contributed by atoms with Crippen LogP contribution in [0.2, 0.25) is 0 Å². The normalized spacial score (nSPS) is 13.2. The Labute approximate surface area is 102 Å². The molecule has 1 aromatic rings. The lowest BCUT2D eigenvalue weighted by Gasteiger charge is -2.25. The van der Waals surface area contributed by atoms with Gasteiger partial charge >= 0.3 is 0 Å². The highest BCUT2D eigenvalue weighted by atomic mass is 16.3. The van der Waals surface area contributed by atoms with Crippen molar-refractivity contribution >= 4 is 5.91 Å². The summed E-state index contributed by atoms with van der Waals surface area (Å²) in [5, 5.41) is 15.2. The van der Waals surface area contributed by atoms with Gasteiger partial charge in [-0.2, -0.15) is 0 Å². The number of hydrogen-bond donors (Lipinski definition) is 3. The van der Waals surface area contributed by atoms with Crippen molar-refractivity contribution in [1.29, 1.82) is 0 Å². The van der Waals surface area contributed by atoms with Crippen LogP contribution in [0.25, 0.3) is 0 Å². The number of benzene rings is 1. The Balaban J connectivity index is 2.73. The van der Waals surface area contributed by atoms with Gasteiger partial charge in [0.15, 0.2) is 0 Å². The van der Waals surface area contributed by atoms with E-state index in [1.807, 2.05) is 26.8 Å². The van der Waals surface area contributed by atoms with Crippen molar-refractivity contribution in [2.45, 2.75) is 32.4 Å². The zero-order valence-corrected chi connectivity index (χ0v) is 10.7. The quantitative estimate of drug-likeness (QED) is 0.743. The molecule has 1 atom stereocenters. The highest BCUT2D eigenvalue weighted by Crippen LogP contribution is 2.18. The number of hydrogen-bond acceptors (Lipinski definition) is 3. The summed E-state index contributed by atoms with van der Waals surface area (Å²) in [5.74, 6) is 0.132.